The molecule has 0 aromatic heterocycles. The van der Waals surface area contributed by atoms with Crippen LogP contribution in [0.4, 0.5) is 0 Å². The van der Waals surface area contributed by atoms with Crippen molar-refractivity contribution in [2.75, 3.05) is 0 Å². The molecule has 3 nitrogen and oxygen atoms in total. The Morgan fingerprint density at radius 1 is 0.895 bits per heavy atom. The van der Waals surface area contributed by atoms with Gasteiger partial charge in [-0.1, -0.05) is 67.6 Å². The second-order valence-electron chi connectivity index (χ2n) is 4.26. The van der Waals surface area contributed by atoms with E-state index in [2.05, 4.69) is 0 Å². The van der Waals surface area contributed by atoms with Crippen molar-refractivity contribution in [2.45, 2.75) is 18.9 Å². The fraction of sp³-hybridized carbons (Fsp3) is 0.200. The van der Waals surface area contributed by atoms with Crippen LogP contribution in [0.15, 0.2) is 60.7 Å². The van der Waals surface area contributed by atoms with Crippen molar-refractivity contribution in [2.24, 2.45) is 0 Å². The van der Waals surface area contributed by atoms with Crippen LogP contribution in [0.3, 0.4) is 0 Å². The maximum absolute atomic E-state index is 9.34. The molecule has 0 heterocycles. The van der Waals surface area contributed by atoms with E-state index in [0.29, 0.717) is 6.42 Å². The lowest BCUT2D eigenvalue weighted by molar-refractivity contribution is 0.0870. The monoisotopic (exact) mass is 276 g/mol. The zero-order chi connectivity index (χ0) is 13.7. The summed E-state index contributed by atoms with van der Waals surface area (Å²) in [6, 6.07) is 19.3. The number of hydrogen-bond donors (Lipinski definition) is 2. The molecule has 0 aliphatic rings. The van der Waals surface area contributed by atoms with E-state index in [0.717, 1.165) is 11.1 Å². The largest absolute Gasteiger partial charge is 0.328 e. The lowest BCUT2D eigenvalue weighted by Gasteiger charge is -2.33. The minimum Gasteiger partial charge on any atom is -0.328 e. The molecule has 0 aliphatic carbocycles. The average Bonchev–Trinajstić information content (AvgIpc) is 2.46. The molecule has 19 heavy (non-hydrogen) atoms. The smallest absolute Gasteiger partial charge is 0.328 e. The SMILES string of the molecule is CCC(OP(O)O)(c1ccccc1)c1ccccc1. The van der Waals surface area contributed by atoms with Gasteiger partial charge in [0.15, 0.2) is 0 Å². The van der Waals surface area contributed by atoms with Gasteiger partial charge in [0.2, 0.25) is 0 Å². The summed E-state index contributed by atoms with van der Waals surface area (Å²) < 4.78 is 5.54. The summed E-state index contributed by atoms with van der Waals surface area (Å²) in [6.07, 6.45) is 0.612. The normalized spacial score (nSPS) is 11.8. The Kier molecular flexibility index (Phi) is 4.67. The molecule has 2 aromatic carbocycles. The van der Waals surface area contributed by atoms with Gasteiger partial charge in [0.1, 0.15) is 5.60 Å². The third kappa shape index (κ3) is 3.02. The Bertz CT molecular complexity index is 460. The van der Waals surface area contributed by atoms with Crippen LogP contribution >= 0.6 is 8.60 Å². The summed E-state index contributed by atoms with van der Waals surface area (Å²) in [5, 5.41) is 0. The molecule has 0 saturated carbocycles. The first kappa shape index (κ1) is 14.2. The van der Waals surface area contributed by atoms with Crippen molar-refractivity contribution in [3.63, 3.8) is 0 Å². The molecule has 0 saturated heterocycles. The van der Waals surface area contributed by atoms with E-state index >= 15 is 0 Å². The summed E-state index contributed by atoms with van der Waals surface area (Å²) >= 11 is 0. The van der Waals surface area contributed by atoms with Gasteiger partial charge in [-0.25, -0.2) is 0 Å². The van der Waals surface area contributed by atoms with Crippen molar-refractivity contribution in [1.82, 2.24) is 0 Å². The highest BCUT2D eigenvalue weighted by molar-refractivity contribution is 7.39. The van der Waals surface area contributed by atoms with E-state index in [1.807, 2.05) is 67.6 Å². The Balaban J connectivity index is 2.55. The Labute approximate surface area is 114 Å². The summed E-state index contributed by atoms with van der Waals surface area (Å²) in [5.41, 5.74) is 1.01. The van der Waals surface area contributed by atoms with Gasteiger partial charge in [-0.3, -0.25) is 4.52 Å². The maximum atomic E-state index is 9.34. The van der Waals surface area contributed by atoms with E-state index in [1.54, 1.807) is 0 Å². The van der Waals surface area contributed by atoms with Gasteiger partial charge in [-0.15, -0.1) is 0 Å². The predicted molar refractivity (Wildman–Crippen MR) is 76.4 cm³/mol. The second-order valence-corrected chi connectivity index (χ2v) is 4.94. The molecule has 100 valence electrons. The molecule has 0 unspecified atom stereocenters. The summed E-state index contributed by atoms with van der Waals surface area (Å²) in [6.45, 7) is 1.97. The first-order valence-corrected chi connectivity index (χ1v) is 7.33. The van der Waals surface area contributed by atoms with Crippen molar-refractivity contribution >= 4 is 8.60 Å². The zero-order valence-corrected chi connectivity index (χ0v) is 11.6. The molecule has 0 atom stereocenters. The Morgan fingerprint density at radius 2 is 1.32 bits per heavy atom. The van der Waals surface area contributed by atoms with Crippen molar-refractivity contribution in [3.05, 3.63) is 71.8 Å². The van der Waals surface area contributed by atoms with Crippen LogP contribution in [0.1, 0.15) is 24.5 Å². The van der Waals surface area contributed by atoms with Gasteiger partial charge >= 0.3 is 8.60 Å². The van der Waals surface area contributed by atoms with Crippen LogP contribution in [0.5, 0.6) is 0 Å². The van der Waals surface area contributed by atoms with Gasteiger partial charge in [-0.05, 0) is 17.5 Å². The van der Waals surface area contributed by atoms with E-state index in [9.17, 15) is 9.79 Å². The summed E-state index contributed by atoms with van der Waals surface area (Å²) in [5.74, 6) is 0. The second kappa shape index (κ2) is 6.27. The quantitative estimate of drug-likeness (QED) is 0.821. The molecule has 2 aromatic rings. The van der Waals surface area contributed by atoms with E-state index in [1.165, 1.54) is 0 Å². The van der Waals surface area contributed by atoms with Crippen LogP contribution in [0, 0.1) is 0 Å². The number of hydrogen-bond acceptors (Lipinski definition) is 3. The molecule has 0 amide bonds. The average molecular weight is 276 g/mol. The molecule has 0 fully saturated rings. The molecule has 2 rings (SSSR count). The van der Waals surface area contributed by atoms with E-state index < -0.39 is 14.2 Å². The fourth-order valence-corrected chi connectivity index (χ4v) is 2.92. The predicted octanol–water partition coefficient (Wildman–Crippen LogP) is 3.57. The fourth-order valence-electron chi connectivity index (χ4n) is 2.30. The highest BCUT2D eigenvalue weighted by atomic mass is 31.2. The van der Waals surface area contributed by atoms with Gasteiger partial charge in [-0.2, -0.15) is 0 Å². The lowest BCUT2D eigenvalue weighted by Crippen LogP contribution is -2.28. The van der Waals surface area contributed by atoms with Crippen LogP contribution in [0.2, 0.25) is 0 Å². The minimum atomic E-state index is -2.44. The van der Waals surface area contributed by atoms with Crippen molar-refractivity contribution in [1.29, 1.82) is 0 Å². The first-order valence-electron chi connectivity index (χ1n) is 6.17. The molecule has 0 aliphatic heterocycles. The van der Waals surface area contributed by atoms with Gasteiger partial charge in [0.25, 0.3) is 0 Å². The molecular formula is C15H17O3P. The molecular weight excluding hydrogens is 259 g/mol. The standard InChI is InChI=1S/C15H17O3P/c1-2-15(18-19(16)17,13-9-5-3-6-10-13)14-11-7-4-8-12-14/h3-12,16-17H,2H2,1H3. The van der Waals surface area contributed by atoms with Gasteiger partial charge in [0, 0.05) is 0 Å². The zero-order valence-electron chi connectivity index (χ0n) is 10.7. The molecule has 0 bridgehead atoms. The summed E-state index contributed by atoms with van der Waals surface area (Å²) in [4.78, 5) is 18.7. The van der Waals surface area contributed by atoms with Crippen LogP contribution in [0.25, 0.3) is 0 Å². The summed E-state index contributed by atoms with van der Waals surface area (Å²) in [7, 11) is -2.44. The minimum absolute atomic E-state index is 0.612. The van der Waals surface area contributed by atoms with Crippen molar-refractivity contribution in [3.8, 4) is 0 Å². The van der Waals surface area contributed by atoms with E-state index in [4.69, 9.17) is 4.52 Å². The van der Waals surface area contributed by atoms with E-state index in [-0.39, 0.29) is 0 Å². The first-order chi connectivity index (χ1) is 9.19. The molecule has 0 spiro atoms. The Morgan fingerprint density at radius 3 is 1.63 bits per heavy atom. The number of rotatable bonds is 5. The van der Waals surface area contributed by atoms with Gasteiger partial charge in [0.05, 0.1) is 0 Å². The molecule has 4 heteroatoms. The van der Waals surface area contributed by atoms with Crippen LogP contribution in [-0.2, 0) is 10.1 Å². The highest BCUT2D eigenvalue weighted by Crippen LogP contribution is 2.45. The third-order valence-corrected chi connectivity index (χ3v) is 3.69. The number of benzene rings is 2. The van der Waals surface area contributed by atoms with Crippen LogP contribution < -0.4 is 0 Å². The highest BCUT2D eigenvalue weighted by Gasteiger charge is 2.36. The van der Waals surface area contributed by atoms with Gasteiger partial charge < -0.3 is 9.79 Å². The topological polar surface area (TPSA) is 49.7 Å². The maximum Gasteiger partial charge on any atom is 0.328 e. The molecule has 2 N–H and O–H groups in total. The molecule has 0 radical (unpaired) electrons. The Hall–Kier alpha value is -1.25. The van der Waals surface area contributed by atoms with Crippen LogP contribution in [-0.4, -0.2) is 9.79 Å². The third-order valence-electron chi connectivity index (χ3n) is 3.22. The van der Waals surface area contributed by atoms with Crippen molar-refractivity contribution < 1.29 is 14.3 Å². The lowest BCUT2D eigenvalue weighted by atomic mass is 9.84.